The summed E-state index contributed by atoms with van der Waals surface area (Å²) in [6, 6.07) is 0.250. The van der Waals surface area contributed by atoms with Crippen molar-refractivity contribution in [2.24, 2.45) is 5.92 Å². The van der Waals surface area contributed by atoms with Crippen LogP contribution in [0.4, 0.5) is 0 Å². The molecule has 0 aromatic heterocycles. The molecule has 1 aliphatic rings. The van der Waals surface area contributed by atoms with Crippen molar-refractivity contribution in [2.75, 3.05) is 24.6 Å². The van der Waals surface area contributed by atoms with E-state index < -0.39 is 5.97 Å². The SMILES string of the molecule is CC(C)CCN1CCSCC1CC(=O)O. The Labute approximate surface area is 96.2 Å². The summed E-state index contributed by atoms with van der Waals surface area (Å²) >= 11 is 1.88. The number of aliphatic carboxylic acids is 1. The normalized spacial score (nSPS) is 23.3. The van der Waals surface area contributed by atoms with Crippen molar-refractivity contribution in [2.45, 2.75) is 32.7 Å². The predicted octanol–water partition coefficient (Wildman–Crippen LogP) is 1.92. The zero-order valence-electron chi connectivity index (χ0n) is 9.61. The Hall–Kier alpha value is -0.220. The summed E-state index contributed by atoms with van der Waals surface area (Å²) in [5.41, 5.74) is 0. The summed E-state index contributed by atoms with van der Waals surface area (Å²) in [4.78, 5) is 13.1. The molecule has 1 atom stereocenters. The van der Waals surface area contributed by atoms with Gasteiger partial charge in [0.1, 0.15) is 0 Å². The Balaban J connectivity index is 2.39. The third kappa shape index (κ3) is 4.89. The van der Waals surface area contributed by atoms with E-state index in [4.69, 9.17) is 5.11 Å². The number of carboxylic acid groups (broad SMARTS) is 1. The lowest BCUT2D eigenvalue weighted by Crippen LogP contribution is -2.44. The molecule has 1 N–H and O–H groups in total. The van der Waals surface area contributed by atoms with E-state index in [1.54, 1.807) is 0 Å². The van der Waals surface area contributed by atoms with Gasteiger partial charge in [0.15, 0.2) is 0 Å². The highest BCUT2D eigenvalue weighted by Gasteiger charge is 2.24. The average Bonchev–Trinajstić information content (AvgIpc) is 2.15. The van der Waals surface area contributed by atoms with E-state index in [9.17, 15) is 4.79 Å². The number of carbonyl (C=O) groups is 1. The third-order valence-electron chi connectivity index (χ3n) is 2.75. The number of thioether (sulfide) groups is 1. The molecule has 0 aromatic carbocycles. The van der Waals surface area contributed by atoms with Crippen LogP contribution in [-0.2, 0) is 4.79 Å². The number of hydrogen-bond acceptors (Lipinski definition) is 3. The average molecular weight is 231 g/mol. The van der Waals surface area contributed by atoms with E-state index in [0.717, 1.165) is 24.6 Å². The lowest BCUT2D eigenvalue weighted by atomic mass is 10.1. The molecular weight excluding hydrogens is 210 g/mol. The summed E-state index contributed by atoms with van der Waals surface area (Å²) in [7, 11) is 0. The van der Waals surface area contributed by atoms with Gasteiger partial charge in [-0.25, -0.2) is 0 Å². The lowest BCUT2D eigenvalue weighted by molar-refractivity contribution is -0.138. The van der Waals surface area contributed by atoms with Crippen LogP contribution in [0.3, 0.4) is 0 Å². The van der Waals surface area contributed by atoms with Crippen molar-refractivity contribution in [3.63, 3.8) is 0 Å². The van der Waals surface area contributed by atoms with Gasteiger partial charge < -0.3 is 5.11 Å². The topological polar surface area (TPSA) is 40.5 Å². The second-order valence-electron chi connectivity index (χ2n) is 4.55. The van der Waals surface area contributed by atoms with Crippen LogP contribution in [0.15, 0.2) is 0 Å². The first-order valence-electron chi connectivity index (χ1n) is 5.63. The van der Waals surface area contributed by atoms with Crippen LogP contribution in [0.2, 0.25) is 0 Å². The quantitative estimate of drug-likeness (QED) is 0.785. The van der Waals surface area contributed by atoms with E-state index >= 15 is 0 Å². The molecule has 0 spiro atoms. The monoisotopic (exact) mass is 231 g/mol. The molecule has 0 saturated carbocycles. The molecule has 1 fully saturated rings. The highest BCUT2D eigenvalue weighted by molar-refractivity contribution is 7.99. The number of carboxylic acids is 1. The highest BCUT2D eigenvalue weighted by Crippen LogP contribution is 2.19. The molecule has 1 saturated heterocycles. The minimum absolute atomic E-state index is 0.250. The van der Waals surface area contributed by atoms with Gasteiger partial charge >= 0.3 is 5.97 Å². The van der Waals surface area contributed by atoms with Crippen molar-refractivity contribution in [3.8, 4) is 0 Å². The van der Waals surface area contributed by atoms with E-state index in [1.807, 2.05) is 11.8 Å². The molecule has 88 valence electrons. The van der Waals surface area contributed by atoms with Crippen LogP contribution in [0.1, 0.15) is 26.7 Å². The van der Waals surface area contributed by atoms with E-state index in [-0.39, 0.29) is 6.04 Å². The van der Waals surface area contributed by atoms with Gasteiger partial charge in [0.25, 0.3) is 0 Å². The number of nitrogens with zero attached hydrogens (tertiary/aromatic N) is 1. The summed E-state index contributed by atoms with van der Waals surface area (Å²) in [6.07, 6.45) is 1.46. The highest BCUT2D eigenvalue weighted by atomic mass is 32.2. The van der Waals surface area contributed by atoms with E-state index in [1.165, 1.54) is 6.42 Å². The summed E-state index contributed by atoms with van der Waals surface area (Å²) in [5, 5.41) is 8.82. The fourth-order valence-corrected chi connectivity index (χ4v) is 2.93. The Morgan fingerprint density at radius 1 is 1.60 bits per heavy atom. The van der Waals surface area contributed by atoms with Gasteiger partial charge in [0, 0.05) is 24.1 Å². The summed E-state index contributed by atoms with van der Waals surface area (Å²) in [6.45, 7) is 6.53. The molecule has 1 aliphatic heterocycles. The molecule has 4 heteroatoms. The maximum atomic E-state index is 10.7. The van der Waals surface area contributed by atoms with Crippen LogP contribution in [0, 0.1) is 5.92 Å². The smallest absolute Gasteiger partial charge is 0.304 e. The molecule has 1 unspecified atom stereocenters. The standard InChI is InChI=1S/C11H21NO2S/c1-9(2)3-4-12-5-6-15-8-10(12)7-11(13)14/h9-10H,3-8H2,1-2H3,(H,13,14). The molecule has 1 rings (SSSR count). The van der Waals surface area contributed by atoms with Crippen LogP contribution >= 0.6 is 11.8 Å². The molecule has 0 radical (unpaired) electrons. The summed E-state index contributed by atoms with van der Waals surface area (Å²) < 4.78 is 0. The summed E-state index contributed by atoms with van der Waals surface area (Å²) in [5.74, 6) is 2.15. The van der Waals surface area contributed by atoms with Crippen molar-refractivity contribution >= 4 is 17.7 Å². The van der Waals surface area contributed by atoms with Crippen LogP contribution in [-0.4, -0.2) is 46.6 Å². The maximum Gasteiger partial charge on any atom is 0.304 e. The van der Waals surface area contributed by atoms with Gasteiger partial charge in [-0.1, -0.05) is 13.8 Å². The van der Waals surface area contributed by atoms with Crippen molar-refractivity contribution < 1.29 is 9.90 Å². The number of hydrogen-bond donors (Lipinski definition) is 1. The van der Waals surface area contributed by atoms with Gasteiger partial charge in [-0.15, -0.1) is 0 Å². The molecule has 0 bridgehead atoms. The van der Waals surface area contributed by atoms with E-state index in [2.05, 4.69) is 18.7 Å². The fraction of sp³-hybridized carbons (Fsp3) is 0.909. The lowest BCUT2D eigenvalue weighted by Gasteiger charge is -2.34. The van der Waals surface area contributed by atoms with Gasteiger partial charge in [-0.05, 0) is 18.9 Å². The maximum absolute atomic E-state index is 10.7. The Bertz CT molecular complexity index is 209. The minimum Gasteiger partial charge on any atom is -0.481 e. The van der Waals surface area contributed by atoms with Gasteiger partial charge in [0.2, 0.25) is 0 Å². The van der Waals surface area contributed by atoms with Gasteiger partial charge in [-0.3, -0.25) is 9.69 Å². The van der Waals surface area contributed by atoms with E-state index in [0.29, 0.717) is 12.3 Å². The Morgan fingerprint density at radius 3 is 2.93 bits per heavy atom. The molecule has 3 nitrogen and oxygen atoms in total. The zero-order chi connectivity index (χ0) is 11.3. The second-order valence-corrected chi connectivity index (χ2v) is 5.69. The van der Waals surface area contributed by atoms with Crippen LogP contribution in [0.25, 0.3) is 0 Å². The molecular formula is C11H21NO2S. The van der Waals surface area contributed by atoms with Crippen molar-refractivity contribution in [1.29, 1.82) is 0 Å². The zero-order valence-corrected chi connectivity index (χ0v) is 10.4. The van der Waals surface area contributed by atoms with Gasteiger partial charge in [-0.2, -0.15) is 11.8 Å². The van der Waals surface area contributed by atoms with Gasteiger partial charge in [0.05, 0.1) is 6.42 Å². The fourth-order valence-electron chi connectivity index (χ4n) is 1.80. The first-order valence-corrected chi connectivity index (χ1v) is 6.78. The van der Waals surface area contributed by atoms with Crippen LogP contribution < -0.4 is 0 Å². The molecule has 15 heavy (non-hydrogen) atoms. The second kappa shape index (κ2) is 6.38. The predicted molar refractivity (Wildman–Crippen MR) is 64.4 cm³/mol. The largest absolute Gasteiger partial charge is 0.481 e. The minimum atomic E-state index is -0.669. The van der Waals surface area contributed by atoms with Crippen molar-refractivity contribution in [1.82, 2.24) is 4.90 Å². The Kier molecular flexibility index (Phi) is 5.47. The Morgan fingerprint density at radius 2 is 2.33 bits per heavy atom. The van der Waals surface area contributed by atoms with Crippen molar-refractivity contribution in [3.05, 3.63) is 0 Å². The van der Waals surface area contributed by atoms with Crippen LogP contribution in [0.5, 0.6) is 0 Å². The molecule has 1 heterocycles. The third-order valence-corrected chi connectivity index (χ3v) is 3.85. The first-order chi connectivity index (χ1) is 7.09. The molecule has 0 aliphatic carbocycles. The molecule has 0 aromatic rings. The number of rotatable bonds is 5. The molecule has 0 amide bonds. The first kappa shape index (κ1) is 12.8.